The Labute approximate surface area is 186 Å². The number of carbonyl (C=O) groups is 1. The highest BCUT2D eigenvalue weighted by Gasteiger charge is 2.19. The van der Waals surface area contributed by atoms with Crippen molar-refractivity contribution in [1.29, 1.82) is 0 Å². The lowest BCUT2D eigenvalue weighted by Gasteiger charge is -2.20. The zero-order valence-electron chi connectivity index (χ0n) is 17.9. The van der Waals surface area contributed by atoms with Crippen LogP contribution in [-0.2, 0) is 15.3 Å². The molecule has 30 heavy (non-hydrogen) atoms. The number of aromatic nitrogens is 2. The van der Waals surface area contributed by atoms with Gasteiger partial charge >= 0.3 is 0 Å². The number of methoxy groups -OCH3 is 1. The lowest BCUT2D eigenvalue weighted by Crippen LogP contribution is -2.36. The maximum absolute atomic E-state index is 12.4. The first-order valence-electron chi connectivity index (χ1n) is 9.90. The molecule has 3 rings (SSSR count). The van der Waals surface area contributed by atoms with Crippen LogP contribution in [0.3, 0.4) is 0 Å². The summed E-state index contributed by atoms with van der Waals surface area (Å²) in [5, 5.41) is 3.98. The number of anilines is 1. The first-order chi connectivity index (χ1) is 14.5. The summed E-state index contributed by atoms with van der Waals surface area (Å²) in [7, 11) is 3.58. The van der Waals surface area contributed by atoms with Crippen LogP contribution >= 0.6 is 23.1 Å². The SMILES string of the molecule is COCCCNC(=O)CN(C)c1nc(CSc2ccccc2)nc2sc(C)c(C)c12. The summed E-state index contributed by atoms with van der Waals surface area (Å²) in [6.07, 6.45) is 0.799. The molecule has 0 radical (unpaired) electrons. The van der Waals surface area contributed by atoms with Gasteiger partial charge in [-0.3, -0.25) is 4.79 Å². The fourth-order valence-electron chi connectivity index (χ4n) is 3.07. The second-order valence-electron chi connectivity index (χ2n) is 7.08. The lowest BCUT2D eigenvalue weighted by atomic mass is 10.2. The van der Waals surface area contributed by atoms with E-state index >= 15 is 0 Å². The molecule has 8 heteroatoms. The van der Waals surface area contributed by atoms with E-state index in [0.717, 1.165) is 28.3 Å². The third-order valence-electron chi connectivity index (χ3n) is 4.76. The summed E-state index contributed by atoms with van der Waals surface area (Å²) >= 11 is 3.40. The van der Waals surface area contributed by atoms with Crippen LogP contribution in [-0.4, -0.2) is 49.7 Å². The number of aryl methyl sites for hydroxylation is 2. The van der Waals surface area contributed by atoms with Crippen molar-refractivity contribution in [3.05, 3.63) is 46.6 Å². The van der Waals surface area contributed by atoms with E-state index < -0.39 is 0 Å². The average Bonchev–Trinajstić information content (AvgIpc) is 3.03. The highest BCUT2D eigenvalue weighted by molar-refractivity contribution is 7.98. The number of nitrogens with one attached hydrogen (secondary N) is 1. The molecule has 3 aromatic rings. The number of amides is 1. The van der Waals surface area contributed by atoms with Gasteiger partial charge in [0.2, 0.25) is 5.91 Å². The maximum Gasteiger partial charge on any atom is 0.239 e. The standard InChI is InChI=1S/C22H28N4O2S2/c1-15-16(2)30-22-20(15)21(26(3)13-19(27)23-11-8-12-28-4)24-18(25-22)14-29-17-9-6-5-7-10-17/h5-7,9-10H,8,11-14H2,1-4H3,(H,23,27). The van der Waals surface area contributed by atoms with Crippen molar-refractivity contribution in [1.82, 2.24) is 15.3 Å². The molecule has 2 heterocycles. The molecule has 0 bridgehead atoms. The number of benzene rings is 1. The molecule has 0 aliphatic heterocycles. The van der Waals surface area contributed by atoms with Crippen LogP contribution in [0.1, 0.15) is 22.7 Å². The van der Waals surface area contributed by atoms with Crippen LogP contribution in [0.5, 0.6) is 0 Å². The maximum atomic E-state index is 12.4. The summed E-state index contributed by atoms with van der Waals surface area (Å²) in [5.41, 5.74) is 1.18. The van der Waals surface area contributed by atoms with Gasteiger partial charge in [-0.25, -0.2) is 9.97 Å². The van der Waals surface area contributed by atoms with Crippen LogP contribution in [0, 0.1) is 13.8 Å². The molecule has 0 aliphatic rings. The van der Waals surface area contributed by atoms with Crippen molar-refractivity contribution < 1.29 is 9.53 Å². The van der Waals surface area contributed by atoms with E-state index in [1.165, 1.54) is 15.3 Å². The van der Waals surface area contributed by atoms with E-state index in [2.05, 4.69) is 31.3 Å². The second kappa shape index (κ2) is 10.7. The monoisotopic (exact) mass is 444 g/mol. The number of hydrogen-bond acceptors (Lipinski definition) is 7. The highest BCUT2D eigenvalue weighted by Crippen LogP contribution is 2.35. The normalized spacial score (nSPS) is 11.1. The van der Waals surface area contributed by atoms with Crippen LogP contribution in [0.25, 0.3) is 10.2 Å². The minimum atomic E-state index is -0.0230. The molecule has 0 aliphatic carbocycles. The van der Waals surface area contributed by atoms with Crippen molar-refractivity contribution in [2.45, 2.75) is 30.9 Å². The Hall–Kier alpha value is -2.16. The number of thioether (sulfide) groups is 1. The van der Waals surface area contributed by atoms with Crippen LogP contribution in [0.2, 0.25) is 0 Å². The number of rotatable bonds is 10. The van der Waals surface area contributed by atoms with Gasteiger partial charge in [0.25, 0.3) is 0 Å². The molecule has 0 unspecified atom stereocenters. The average molecular weight is 445 g/mol. The molecule has 6 nitrogen and oxygen atoms in total. The minimum absolute atomic E-state index is 0.0230. The first kappa shape index (κ1) is 22.5. The van der Waals surface area contributed by atoms with E-state index in [-0.39, 0.29) is 12.5 Å². The summed E-state index contributed by atoms with van der Waals surface area (Å²) in [6.45, 7) is 5.69. The summed E-state index contributed by atoms with van der Waals surface area (Å²) < 4.78 is 5.03. The molecule has 2 aromatic heterocycles. The fraction of sp³-hybridized carbons (Fsp3) is 0.409. The summed E-state index contributed by atoms with van der Waals surface area (Å²) in [4.78, 5) is 27.3. The quantitative estimate of drug-likeness (QED) is 0.374. The Morgan fingerprint density at radius 3 is 2.73 bits per heavy atom. The molecule has 0 saturated carbocycles. The van der Waals surface area contributed by atoms with Gasteiger partial charge in [0.15, 0.2) is 0 Å². The molecule has 1 amide bonds. The Morgan fingerprint density at radius 2 is 2.00 bits per heavy atom. The van der Waals surface area contributed by atoms with Crippen molar-refractivity contribution in [3.63, 3.8) is 0 Å². The number of fused-ring (bicyclic) bond motifs is 1. The third kappa shape index (κ3) is 5.71. The van der Waals surface area contributed by atoms with Gasteiger partial charge in [0, 0.05) is 37.1 Å². The molecular formula is C22H28N4O2S2. The van der Waals surface area contributed by atoms with Gasteiger partial charge in [-0.2, -0.15) is 0 Å². The van der Waals surface area contributed by atoms with Crippen molar-refractivity contribution in [2.24, 2.45) is 0 Å². The molecule has 0 fully saturated rings. The van der Waals surface area contributed by atoms with Gasteiger partial charge in [0.05, 0.1) is 17.7 Å². The minimum Gasteiger partial charge on any atom is -0.385 e. The van der Waals surface area contributed by atoms with E-state index in [1.54, 1.807) is 30.2 Å². The van der Waals surface area contributed by atoms with E-state index in [4.69, 9.17) is 14.7 Å². The smallest absolute Gasteiger partial charge is 0.239 e. The number of ether oxygens (including phenoxy) is 1. The van der Waals surface area contributed by atoms with Gasteiger partial charge in [-0.1, -0.05) is 18.2 Å². The van der Waals surface area contributed by atoms with Crippen LogP contribution in [0.4, 0.5) is 5.82 Å². The van der Waals surface area contributed by atoms with Gasteiger partial charge in [-0.15, -0.1) is 23.1 Å². The molecule has 160 valence electrons. The van der Waals surface area contributed by atoms with Gasteiger partial charge in [-0.05, 0) is 38.0 Å². The predicted molar refractivity (Wildman–Crippen MR) is 126 cm³/mol. The number of thiophene rings is 1. The number of carbonyl (C=O) groups excluding carboxylic acids is 1. The highest BCUT2D eigenvalue weighted by atomic mass is 32.2. The van der Waals surface area contributed by atoms with Crippen molar-refractivity contribution >= 4 is 45.0 Å². The fourth-order valence-corrected chi connectivity index (χ4v) is 4.88. The molecular weight excluding hydrogens is 416 g/mol. The zero-order chi connectivity index (χ0) is 21.5. The largest absolute Gasteiger partial charge is 0.385 e. The van der Waals surface area contributed by atoms with Crippen molar-refractivity contribution in [2.75, 3.05) is 38.8 Å². The summed E-state index contributed by atoms with van der Waals surface area (Å²) in [6, 6.07) is 10.2. The van der Waals surface area contributed by atoms with Crippen molar-refractivity contribution in [3.8, 4) is 0 Å². The van der Waals surface area contributed by atoms with Gasteiger partial charge < -0.3 is 15.0 Å². The molecule has 0 spiro atoms. The number of hydrogen-bond donors (Lipinski definition) is 1. The molecule has 1 N–H and O–H groups in total. The second-order valence-corrected chi connectivity index (χ2v) is 9.33. The topological polar surface area (TPSA) is 67.3 Å². The Morgan fingerprint density at radius 1 is 1.23 bits per heavy atom. The molecule has 1 aromatic carbocycles. The predicted octanol–water partition coefficient (Wildman–Crippen LogP) is 4.19. The van der Waals surface area contributed by atoms with E-state index in [0.29, 0.717) is 18.9 Å². The van der Waals surface area contributed by atoms with Crippen LogP contribution < -0.4 is 10.2 Å². The number of likely N-dealkylation sites (N-methyl/N-ethyl adjacent to an activating group) is 1. The van der Waals surface area contributed by atoms with E-state index in [1.807, 2.05) is 30.1 Å². The molecule has 0 saturated heterocycles. The number of nitrogens with zero attached hydrogens (tertiary/aromatic N) is 3. The Balaban J connectivity index is 1.79. The summed E-state index contributed by atoms with van der Waals surface area (Å²) in [5.74, 6) is 2.25. The molecule has 0 atom stereocenters. The third-order valence-corrected chi connectivity index (χ3v) is 6.87. The lowest BCUT2D eigenvalue weighted by molar-refractivity contribution is -0.119. The zero-order valence-corrected chi connectivity index (χ0v) is 19.5. The first-order valence-corrected chi connectivity index (χ1v) is 11.7. The van der Waals surface area contributed by atoms with Crippen LogP contribution in [0.15, 0.2) is 35.2 Å². The Kier molecular flexibility index (Phi) is 8.07. The van der Waals surface area contributed by atoms with E-state index in [9.17, 15) is 4.79 Å². The van der Waals surface area contributed by atoms with Gasteiger partial charge in [0.1, 0.15) is 16.5 Å². The Bertz CT molecular complexity index is 992.